The summed E-state index contributed by atoms with van der Waals surface area (Å²) in [7, 11) is 1.47. The van der Waals surface area contributed by atoms with Crippen LogP contribution in [0.2, 0.25) is 10.0 Å². The largest absolute Gasteiger partial charge is 0.494 e. The van der Waals surface area contributed by atoms with Gasteiger partial charge in [0.15, 0.2) is 10.9 Å². The van der Waals surface area contributed by atoms with Gasteiger partial charge in [0.05, 0.1) is 24.1 Å². The summed E-state index contributed by atoms with van der Waals surface area (Å²) in [6.45, 7) is 0. The molecule has 2 aromatic carbocycles. The number of hydrogen-bond donors (Lipinski definition) is 3. The molecule has 0 unspecified atom stereocenters. The number of nitrogens with one attached hydrogen (secondary N) is 3. The van der Waals surface area contributed by atoms with Crippen LogP contribution in [-0.4, -0.2) is 24.0 Å². The Morgan fingerprint density at radius 2 is 1.88 bits per heavy atom. The first-order chi connectivity index (χ1) is 15.9. The summed E-state index contributed by atoms with van der Waals surface area (Å²) in [5, 5.41) is 9.95. The number of carbonyl (C=O) groups excluding carboxylic acids is 2. The highest BCUT2D eigenvalue weighted by atomic mass is 35.5. The second-order valence-corrected chi connectivity index (χ2v) is 8.92. The van der Waals surface area contributed by atoms with E-state index in [0.717, 1.165) is 10.1 Å². The van der Waals surface area contributed by atoms with Crippen molar-refractivity contribution in [1.82, 2.24) is 5.32 Å². The Morgan fingerprint density at radius 3 is 2.61 bits per heavy atom. The molecule has 0 saturated carbocycles. The number of rotatable bonds is 5. The molecule has 4 aromatic rings. The molecule has 0 bridgehead atoms. The first kappa shape index (κ1) is 23.1. The minimum absolute atomic E-state index is 0.0704. The summed E-state index contributed by atoms with van der Waals surface area (Å²) >= 11 is 18.9. The fourth-order valence-corrected chi connectivity index (χ4v) is 4.87. The van der Waals surface area contributed by atoms with Gasteiger partial charge >= 0.3 is 0 Å². The molecule has 7 nitrogen and oxygen atoms in total. The molecule has 0 fully saturated rings. The van der Waals surface area contributed by atoms with Crippen molar-refractivity contribution >= 4 is 85.1 Å². The quantitative estimate of drug-likeness (QED) is 0.272. The lowest BCUT2D eigenvalue weighted by Gasteiger charge is -2.13. The average Bonchev–Trinajstić information content (AvgIpc) is 3.43. The molecule has 2 heterocycles. The lowest BCUT2D eigenvalue weighted by molar-refractivity contribution is 0.0978. The molecule has 2 aromatic heterocycles. The number of furan rings is 1. The van der Waals surface area contributed by atoms with E-state index < -0.39 is 11.8 Å². The maximum atomic E-state index is 12.7. The Labute approximate surface area is 207 Å². The molecule has 0 aliphatic carbocycles. The van der Waals surface area contributed by atoms with Gasteiger partial charge in [-0.05, 0) is 48.6 Å². The SMILES string of the molecule is COc1cc(NC(=S)NC(=O)c2sc3cc(Cl)ccc3c2Cl)ccc1NC(=O)c1ccco1. The molecule has 3 N–H and O–H groups in total. The molecule has 0 atom stereocenters. The van der Waals surface area contributed by atoms with Gasteiger partial charge < -0.3 is 19.8 Å². The van der Waals surface area contributed by atoms with E-state index in [-0.39, 0.29) is 10.9 Å². The Hall–Kier alpha value is -3.11. The molecule has 11 heteroatoms. The highest BCUT2D eigenvalue weighted by Crippen LogP contribution is 2.36. The molecule has 168 valence electrons. The number of carbonyl (C=O) groups is 2. The van der Waals surface area contributed by atoms with Crippen molar-refractivity contribution < 1.29 is 18.7 Å². The molecule has 0 aliphatic heterocycles. The van der Waals surface area contributed by atoms with Gasteiger partial charge in [0.2, 0.25) is 0 Å². The number of anilines is 2. The summed E-state index contributed by atoms with van der Waals surface area (Å²) in [6, 6.07) is 13.3. The van der Waals surface area contributed by atoms with Crippen LogP contribution in [0.4, 0.5) is 11.4 Å². The van der Waals surface area contributed by atoms with Crippen molar-refractivity contribution in [2.75, 3.05) is 17.7 Å². The summed E-state index contributed by atoms with van der Waals surface area (Å²) < 4.78 is 11.2. The Bertz CT molecular complexity index is 1370. The van der Waals surface area contributed by atoms with Crippen LogP contribution in [-0.2, 0) is 0 Å². The van der Waals surface area contributed by atoms with Crippen LogP contribution in [0.25, 0.3) is 10.1 Å². The highest BCUT2D eigenvalue weighted by molar-refractivity contribution is 7.80. The lowest BCUT2D eigenvalue weighted by Crippen LogP contribution is -2.33. The van der Waals surface area contributed by atoms with E-state index in [1.165, 1.54) is 24.7 Å². The number of amides is 2. The maximum absolute atomic E-state index is 12.7. The zero-order chi connectivity index (χ0) is 23.5. The van der Waals surface area contributed by atoms with Gasteiger partial charge in [0.1, 0.15) is 10.6 Å². The molecule has 0 aliphatic rings. The molecule has 0 saturated heterocycles. The molecule has 33 heavy (non-hydrogen) atoms. The summed E-state index contributed by atoms with van der Waals surface area (Å²) in [4.78, 5) is 25.2. The van der Waals surface area contributed by atoms with Crippen LogP contribution in [0.5, 0.6) is 5.75 Å². The van der Waals surface area contributed by atoms with Gasteiger partial charge in [0, 0.05) is 26.9 Å². The number of ether oxygens (including phenoxy) is 1. The van der Waals surface area contributed by atoms with E-state index in [4.69, 9.17) is 44.6 Å². The van der Waals surface area contributed by atoms with Crippen LogP contribution in [0, 0.1) is 0 Å². The predicted octanol–water partition coefficient (Wildman–Crippen LogP) is 6.19. The zero-order valence-electron chi connectivity index (χ0n) is 16.9. The third kappa shape index (κ3) is 5.12. The standard InChI is InChI=1S/C22H15Cl2N3O4S2/c1-30-16-10-12(5-7-14(16)26-20(28)15-3-2-8-31-15)25-22(32)27-21(29)19-18(24)13-6-4-11(23)9-17(13)33-19/h2-10H,1H3,(H,26,28)(H2,25,27,29,32). The number of thiophene rings is 1. The van der Waals surface area contributed by atoms with E-state index in [2.05, 4.69) is 16.0 Å². The first-order valence-electron chi connectivity index (χ1n) is 9.38. The highest BCUT2D eigenvalue weighted by Gasteiger charge is 2.19. The van der Waals surface area contributed by atoms with Crippen LogP contribution in [0.15, 0.2) is 59.2 Å². The van der Waals surface area contributed by atoms with E-state index in [0.29, 0.717) is 32.0 Å². The number of thiocarbonyl (C=S) groups is 1. The van der Waals surface area contributed by atoms with Gasteiger partial charge in [-0.1, -0.05) is 29.3 Å². The minimum Gasteiger partial charge on any atom is -0.494 e. The Morgan fingerprint density at radius 1 is 1.06 bits per heavy atom. The lowest BCUT2D eigenvalue weighted by atomic mass is 10.2. The van der Waals surface area contributed by atoms with E-state index in [9.17, 15) is 9.59 Å². The Balaban J connectivity index is 1.44. The Kier molecular flexibility index (Phi) is 6.85. The van der Waals surface area contributed by atoms with Gasteiger partial charge in [-0.3, -0.25) is 14.9 Å². The molecular weight excluding hydrogens is 505 g/mol. The topological polar surface area (TPSA) is 92.6 Å². The average molecular weight is 520 g/mol. The molecule has 0 spiro atoms. The van der Waals surface area contributed by atoms with Crippen LogP contribution in [0.1, 0.15) is 20.2 Å². The molecule has 4 rings (SSSR count). The van der Waals surface area contributed by atoms with Crippen molar-refractivity contribution in [2.45, 2.75) is 0 Å². The number of methoxy groups -OCH3 is 1. The van der Waals surface area contributed by atoms with Gasteiger partial charge in [-0.2, -0.15) is 0 Å². The van der Waals surface area contributed by atoms with Crippen molar-refractivity contribution in [3.8, 4) is 5.75 Å². The van der Waals surface area contributed by atoms with Crippen molar-refractivity contribution in [3.05, 3.63) is 75.5 Å². The molecule has 2 amide bonds. The van der Waals surface area contributed by atoms with Crippen molar-refractivity contribution in [1.29, 1.82) is 0 Å². The maximum Gasteiger partial charge on any atom is 0.291 e. The van der Waals surface area contributed by atoms with E-state index in [1.54, 1.807) is 48.5 Å². The fourth-order valence-electron chi connectivity index (χ4n) is 2.97. The van der Waals surface area contributed by atoms with Gasteiger partial charge in [-0.15, -0.1) is 11.3 Å². The predicted molar refractivity (Wildman–Crippen MR) is 135 cm³/mol. The number of hydrogen-bond acceptors (Lipinski definition) is 6. The first-order valence-corrected chi connectivity index (χ1v) is 11.4. The fraction of sp³-hybridized carbons (Fsp3) is 0.0455. The second kappa shape index (κ2) is 9.80. The van der Waals surface area contributed by atoms with E-state index >= 15 is 0 Å². The number of halogens is 2. The second-order valence-electron chi connectivity index (χ2n) is 6.64. The van der Waals surface area contributed by atoms with Crippen LogP contribution in [0.3, 0.4) is 0 Å². The minimum atomic E-state index is -0.441. The monoisotopic (exact) mass is 519 g/mol. The van der Waals surface area contributed by atoms with E-state index in [1.807, 2.05) is 0 Å². The summed E-state index contributed by atoms with van der Waals surface area (Å²) in [6.07, 6.45) is 1.41. The smallest absolute Gasteiger partial charge is 0.291 e. The third-order valence-corrected chi connectivity index (χ3v) is 6.57. The molecular formula is C22H15Cl2N3O4S2. The van der Waals surface area contributed by atoms with Crippen LogP contribution >= 0.6 is 46.8 Å². The zero-order valence-corrected chi connectivity index (χ0v) is 20.0. The summed E-state index contributed by atoms with van der Waals surface area (Å²) in [5.41, 5.74) is 0.984. The molecule has 0 radical (unpaired) electrons. The number of benzene rings is 2. The van der Waals surface area contributed by atoms with Crippen molar-refractivity contribution in [2.24, 2.45) is 0 Å². The summed E-state index contributed by atoms with van der Waals surface area (Å²) in [5.74, 6) is -0.295. The van der Waals surface area contributed by atoms with Crippen LogP contribution < -0.4 is 20.7 Å². The van der Waals surface area contributed by atoms with Crippen molar-refractivity contribution in [3.63, 3.8) is 0 Å². The van der Waals surface area contributed by atoms with Gasteiger partial charge in [-0.25, -0.2) is 0 Å². The normalized spacial score (nSPS) is 10.6. The third-order valence-electron chi connectivity index (χ3n) is 4.48. The number of fused-ring (bicyclic) bond motifs is 1. The van der Waals surface area contributed by atoms with Gasteiger partial charge in [0.25, 0.3) is 11.8 Å².